The van der Waals surface area contributed by atoms with Crippen molar-refractivity contribution in [3.63, 3.8) is 0 Å². The molecule has 208 valence electrons. The fraction of sp³-hybridized carbons (Fsp3) is 0.429. The number of aliphatic hydroxyl groups is 1. The molecule has 3 heterocycles. The molecule has 2 saturated heterocycles. The van der Waals surface area contributed by atoms with Crippen LogP contribution in [0.4, 0.5) is 5.95 Å². The average Bonchev–Trinajstić information content (AvgIpc) is 3.38. The maximum absolute atomic E-state index is 12.0. The standard InChI is InChI=1S/C28H35N5O5S/c1-29-39(35,36)25-9-5-8-24(16-25)37-20-23(34)18-31-22-17-28(38-19-22)11-14-33(15-12-28)27-30-13-10-26(32-27)21-6-3-2-4-7-21/h2-10,13,16,22-23,29,31,34H,11-12,14-15,17-20H2,1H3/t22-,23+/m1/s1. The maximum atomic E-state index is 12.0. The zero-order valence-electron chi connectivity index (χ0n) is 22.0. The molecule has 1 aromatic heterocycles. The molecule has 0 bridgehead atoms. The Hall–Kier alpha value is -3.09. The highest BCUT2D eigenvalue weighted by Crippen LogP contribution is 2.37. The topological polar surface area (TPSA) is 126 Å². The summed E-state index contributed by atoms with van der Waals surface area (Å²) in [6.07, 6.45) is 3.73. The minimum atomic E-state index is -3.56. The van der Waals surface area contributed by atoms with Crippen molar-refractivity contribution in [1.82, 2.24) is 20.0 Å². The highest BCUT2D eigenvalue weighted by molar-refractivity contribution is 7.89. The predicted octanol–water partition coefficient (Wildman–Crippen LogP) is 2.21. The van der Waals surface area contributed by atoms with E-state index in [1.165, 1.54) is 19.2 Å². The van der Waals surface area contributed by atoms with Crippen LogP contribution in [0.2, 0.25) is 0 Å². The second-order valence-corrected chi connectivity index (χ2v) is 11.9. The molecule has 2 fully saturated rings. The van der Waals surface area contributed by atoms with Gasteiger partial charge in [0, 0.05) is 43.5 Å². The summed E-state index contributed by atoms with van der Waals surface area (Å²) in [7, 11) is -2.20. The quantitative estimate of drug-likeness (QED) is 0.346. The molecule has 3 N–H and O–H groups in total. The van der Waals surface area contributed by atoms with Crippen LogP contribution < -0.4 is 19.7 Å². The van der Waals surface area contributed by atoms with Crippen LogP contribution in [0.1, 0.15) is 19.3 Å². The lowest BCUT2D eigenvalue weighted by molar-refractivity contribution is -0.0152. The first-order valence-electron chi connectivity index (χ1n) is 13.2. The van der Waals surface area contributed by atoms with Crippen LogP contribution in [0.5, 0.6) is 5.75 Å². The van der Waals surface area contributed by atoms with Gasteiger partial charge in [-0.2, -0.15) is 0 Å². The van der Waals surface area contributed by atoms with E-state index in [-0.39, 0.29) is 23.1 Å². The van der Waals surface area contributed by atoms with Gasteiger partial charge in [-0.15, -0.1) is 0 Å². The minimum Gasteiger partial charge on any atom is -0.491 e. The summed E-state index contributed by atoms with van der Waals surface area (Å²) in [5, 5.41) is 13.8. The van der Waals surface area contributed by atoms with Crippen LogP contribution in [0.3, 0.4) is 0 Å². The van der Waals surface area contributed by atoms with E-state index in [2.05, 4.69) is 32.1 Å². The van der Waals surface area contributed by atoms with Crippen LogP contribution in [0, 0.1) is 0 Å². The van der Waals surface area contributed by atoms with Crippen LogP contribution in [-0.2, 0) is 14.8 Å². The zero-order valence-corrected chi connectivity index (χ0v) is 22.8. The summed E-state index contributed by atoms with van der Waals surface area (Å²) < 4.78 is 38.2. The van der Waals surface area contributed by atoms with Crippen molar-refractivity contribution < 1.29 is 23.0 Å². The number of benzene rings is 2. The van der Waals surface area contributed by atoms with Gasteiger partial charge in [0.1, 0.15) is 18.5 Å². The lowest BCUT2D eigenvalue weighted by Crippen LogP contribution is -2.45. The normalized spacial score (nSPS) is 19.7. The molecule has 5 rings (SSSR count). The Kier molecular flexibility index (Phi) is 8.43. The Labute approximate surface area is 229 Å². The van der Waals surface area contributed by atoms with Gasteiger partial charge in [0.2, 0.25) is 16.0 Å². The molecule has 2 aliphatic rings. The first-order valence-corrected chi connectivity index (χ1v) is 14.7. The summed E-state index contributed by atoms with van der Waals surface area (Å²) in [5.74, 6) is 1.13. The van der Waals surface area contributed by atoms with Gasteiger partial charge in [0.25, 0.3) is 0 Å². The van der Waals surface area contributed by atoms with Crippen molar-refractivity contribution in [2.45, 2.75) is 41.9 Å². The first-order chi connectivity index (χ1) is 18.9. The van der Waals surface area contributed by atoms with E-state index in [4.69, 9.17) is 14.5 Å². The number of piperidine rings is 1. The Morgan fingerprint density at radius 1 is 1.15 bits per heavy atom. The molecule has 2 aromatic carbocycles. The average molecular weight is 554 g/mol. The Morgan fingerprint density at radius 3 is 2.72 bits per heavy atom. The van der Waals surface area contributed by atoms with Crippen LogP contribution in [-0.4, -0.2) is 81.1 Å². The number of nitrogens with one attached hydrogen (secondary N) is 2. The van der Waals surface area contributed by atoms with Crippen LogP contribution >= 0.6 is 0 Å². The largest absolute Gasteiger partial charge is 0.491 e. The fourth-order valence-electron chi connectivity index (χ4n) is 5.11. The number of hydrogen-bond donors (Lipinski definition) is 3. The summed E-state index contributed by atoms with van der Waals surface area (Å²) in [5.41, 5.74) is 1.82. The predicted molar refractivity (Wildman–Crippen MR) is 148 cm³/mol. The van der Waals surface area contributed by atoms with Gasteiger partial charge in [0.15, 0.2) is 0 Å². The molecule has 0 radical (unpaired) electrons. The van der Waals surface area contributed by atoms with Crippen molar-refractivity contribution in [2.24, 2.45) is 0 Å². The molecule has 1 spiro atoms. The van der Waals surface area contributed by atoms with Gasteiger partial charge in [-0.1, -0.05) is 36.4 Å². The SMILES string of the molecule is CNS(=O)(=O)c1cccc(OC[C@@H](O)CN[C@H]2COC3(CCN(c4nccc(-c5ccccc5)n4)CC3)C2)c1. The lowest BCUT2D eigenvalue weighted by Gasteiger charge is -2.38. The molecule has 11 heteroatoms. The monoisotopic (exact) mass is 553 g/mol. The third-order valence-electron chi connectivity index (χ3n) is 7.35. The van der Waals surface area contributed by atoms with E-state index in [1.54, 1.807) is 12.1 Å². The van der Waals surface area contributed by atoms with Gasteiger partial charge in [-0.05, 0) is 44.5 Å². The van der Waals surface area contributed by atoms with Gasteiger partial charge in [-0.3, -0.25) is 0 Å². The zero-order chi connectivity index (χ0) is 27.3. The number of aromatic nitrogens is 2. The fourth-order valence-corrected chi connectivity index (χ4v) is 5.88. The van der Waals surface area contributed by atoms with E-state index in [0.717, 1.165) is 49.6 Å². The Balaban J connectivity index is 1.07. The highest BCUT2D eigenvalue weighted by atomic mass is 32.2. The molecular formula is C28H35N5O5S. The Morgan fingerprint density at radius 2 is 1.95 bits per heavy atom. The summed E-state index contributed by atoms with van der Waals surface area (Å²) >= 11 is 0. The molecule has 39 heavy (non-hydrogen) atoms. The second-order valence-electron chi connectivity index (χ2n) is 10.0. The van der Waals surface area contributed by atoms with Crippen molar-refractivity contribution in [3.8, 4) is 17.0 Å². The molecule has 3 aromatic rings. The number of ether oxygens (including phenoxy) is 2. The summed E-state index contributed by atoms with van der Waals surface area (Å²) in [6, 6.07) is 18.4. The van der Waals surface area contributed by atoms with Gasteiger partial charge < -0.3 is 24.8 Å². The molecule has 2 atom stereocenters. The van der Waals surface area contributed by atoms with Crippen molar-refractivity contribution in [1.29, 1.82) is 0 Å². The number of sulfonamides is 1. The van der Waals surface area contributed by atoms with Crippen LogP contribution in [0.15, 0.2) is 71.8 Å². The maximum Gasteiger partial charge on any atom is 0.240 e. The second kappa shape index (κ2) is 12.0. The van der Waals surface area contributed by atoms with Crippen LogP contribution in [0.25, 0.3) is 11.3 Å². The Bertz CT molecular complexity index is 1350. The van der Waals surface area contributed by atoms with E-state index >= 15 is 0 Å². The first kappa shape index (κ1) is 27.5. The molecule has 0 saturated carbocycles. The highest BCUT2D eigenvalue weighted by Gasteiger charge is 2.43. The number of rotatable bonds is 10. The number of hydrogen-bond acceptors (Lipinski definition) is 9. The van der Waals surface area contributed by atoms with Crippen molar-refractivity contribution >= 4 is 16.0 Å². The molecule has 2 aliphatic heterocycles. The van der Waals surface area contributed by atoms with E-state index in [1.807, 2.05) is 30.5 Å². The van der Waals surface area contributed by atoms with Crippen molar-refractivity contribution in [2.75, 3.05) is 44.8 Å². The number of nitrogens with zero attached hydrogens (tertiary/aromatic N) is 3. The minimum absolute atomic E-state index is 0.0474. The van der Waals surface area contributed by atoms with Crippen molar-refractivity contribution in [3.05, 3.63) is 66.9 Å². The molecule has 0 aliphatic carbocycles. The van der Waals surface area contributed by atoms with E-state index in [0.29, 0.717) is 18.9 Å². The summed E-state index contributed by atoms with van der Waals surface area (Å²) in [4.78, 5) is 11.6. The third kappa shape index (κ3) is 6.74. The third-order valence-corrected chi connectivity index (χ3v) is 8.76. The summed E-state index contributed by atoms with van der Waals surface area (Å²) in [6.45, 7) is 2.64. The number of anilines is 1. The van der Waals surface area contributed by atoms with E-state index in [9.17, 15) is 13.5 Å². The van der Waals surface area contributed by atoms with Gasteiger partial charge in [-0.25, -0.2) is 23.1 Å². The molecular weight excluding hydrogens is 518 g/mol. The number of aliphatic hydroxyl groups excluding tert-OH is 1. The lowest BCUT2D eigenvalue weighted by atomic mass is 9.87. The smallest absolute Gasteiger partial charge is 0.240 e. The molecule has 0 unspecified atom stereocenters. The van der Waals surface area contributed by atoms with E-state index < -0.39 is 16.1 Å². The molecule has 10 nitrogen and oxygen atoms in total. The molecule has 0 amide bonds. The van der Waals surface area contributed by atoms with Gasteiger partial charge in [0.05, 0.1) is 22.8 Å². The van der Waals surface area contributed by atoms with Gasteiger partial charge >= 0.3 is 0 Å².